The molecule has 2 aliphatic carbocycles. The molecular weight excluding hydrogens is 300 g/mol. The Morgan fingerprint density at radius 1 is 1.42 bits per heavy atom. The van der Waals surface area contributed by atoms with Crippen LogP contribution in [0, 0.1) is 22.7 Å². The molecule has 2 rings (SSSR count). The molecule has 0 heterocycles. The molecule has 0 aromatic rings. The maximum Gasteiger partial charge on any atom is 0.311 e. The van der Waals surface area contributed by atoms with Gasteiger partial charge in [0.25, 0.3) is 0 Å². The zero-order valence-electron chi connectivity index (χ0n) is 15.6. The summed E-state index contributed by atoms with van der Waals surface area (Å²) in [7, 11) is 1.45. The number of hydrogen-bond acceptors (Lipinski definition) is 3. The van der Waals surface area contributed by atoms with Gasteiger partial charge >= 0.3 is 5.97 Å². The minimum atomic E-state index is -0.628. The topological polar surface area (TPSA) is 46.5 Å². The normalized spacial score (nSPS) is 40.0. The SMILES string of the molecule is C=C/C(C)=C/C[C@H]1C(=C)CC[C@@H]2[C@]1(C)C[C@@H](O)C[C@@]2(C)C(=O)OC. The summed E-state index contributed by atoms with van der Waals surface area (Å²) in [4.78, 5) is 12.6. The van der Waals surface area contributed by atoms with Gasteiger partial charge in [-0.1, -0.05) is 43.4 Å². The number of esters is 1. The minimum Gasteiger partial charge on any atom is -0.469 e. The summed E-state index contributed by atoms with van der Waals surface area (Å²) in [5.41, 5.74) is 1.62. The van der Waals surface area contributed by atoms with Crippen LogP contribution >= 0.6 is 0 Å². The predicted octanol–water partition coefficient (Wildman–Crippen LogP) is 4.43. The van der Waals surface area contributed by atoms with E-state index < -0.39 is 11.5 Å². The van der Waals surface area contributed by atoms with Gasteiger partial charge in [-0.2, -0.15) is 0 Å². The molecule has 24 heavy (non-hydrogen) atoms. The van der Waals surface area contributed by atoms with Crippen molar-refractivity contribution in [2.24, 2.45) is 22.7 Å². The monoisotopic (exact) mass is 332 g/mol. The third-order valence-corrected chi connectivity index (χ3v) is 6.59. The van der Waals surface area contributed by atoms with Crippen molar-refractivity contribution < 1.29 is 14.6 Å². The van der Waals surface area contributed by atoms with Crippen LogP contribution in [-0.2, 0) is 9.53 Å². The molecule has 2 fully saturated rings. The van der Waals surface area contributed by atoms with Crippen LogP contribution in [-0.4, -0.2) is 24.3 Å². The van der Waals surface area contributed by atoms with Gasteiger partial charge in [-0.15, -0.1) is 0 Å². The van der Waals surface area contributed by atoms with Crippen LogP contribution in [0.25, 0.3) is 0 Å². The molecular formula is C21H32O3. The van der Waals surface area contributed by atoms with Crippen molar-refractivity contribution in [3.8, 4) is 0 Å². The average molecular weight is 332 g/mol. The number of ether oxygens (including phenoxy) is 1. The Labute approximate surface area is 146 Å². The van der Waals surface area contributed by atoms with Crippen LogP contribution in [0.1, 0.15) is 52.9 Å². The van der Waals surface area contributed by atoms with E-state index in [9.17, 15) is 9.90 Å². The second-order valence-corrected chi connectivity index (χ2v) is 8.17. The van der Waals surface area contributed by atoms with Crippen molar-refractivity contribution in [1.82, 2.24) is 0 Å². The van der Waals surface area contributed by atoms with Crippen molar-refractivity contribution in [2.45, 2.75) is 59.0 Å². The van der Waals surface area contributed by atoms with E-state index in [-0.39, 0.29) is 23.2 Å². The Kier molecular flexibility index (Phi) is 5.44. The number of methoxy groups -OCH3 is 1. The Balaban J connectivity index is 2.43. The molecule has 134 valence electrons. The first-order chi connectivity index (χ1) is 11.2. The fraction of sp³-hybridized carbons (Fsp3) is 0.667. The third kappa shape index (κ3) is 3.11. The zero-order chi connectivity index (χ0) is 18.1. The van der Waals surface area contributed by atoms with Crippen LogP contribution in [0.4, 0.5) is 0 Å². The maximum atomic E-state index is 12.6. The highest BCUT2D eigenvalue weighted by molar-refractivity contribution is 5.77. The van der Waals surface area contributed by atoms with E-state index in [0.29, 0.717) is 6.42 Å². The van der Waals surface area contributed by atoms with Crippen LogP contribution < -0.4 is 0 Å². The van der Waals surface area contributed by atoms with Crippen molar-refractivity contribution in [1.29, 1.82) is 0 Å². The highest BCUT2D eigenvalue weighted by Crippen LogP contribution is 2.62. The average Bonchev–Trinajstić information content (AvgIpc) is 2.51. The van der Waals surface area contributed by atoms with Gasteiger partial charge in [0.15, 0.2) is 0 Å². The van der Waals surface area contributed by atoms with Crippen molar-refractivity contribution in [3.05, 3.63) is 36.5 Å². The van der Waals surface area contributed by atoms with E-state index in [1.807, 2.05) is 19.9 Å². The lowest BCUT2D eigenvalue weighted by Crippen LogP contribution is -2.56. The molecule has 0 saturated heterocycles. The lowest BCUT2D eigenvalue weighted by Gasteiger charge is -2.58. The summed E-state index contributed by atoms with van der Waals surface area (Å²) in [5, 5.41) is 10.6. The standard InChI is InChI=1S/C21H32O3/c1-7-14(2)8-10-17-15(3)9-11-18-20(17,4)12-16(22)13-21(18,5)19(23)24-6/h7-8,16-18,22H,1,3,9-13H2,2,4-6H3/b14-8+/t16-,17+,18-,20-,21-/m1/s1. The van der Waals surface area contributed by atoms with E-state index >= 15 is 0 Å². The van der Waals surface area contributed by atoms with E-state index in [1.54, 1.807) is 0 Å². The molecule has 2 saturated carbocycles. The number of rotatable bonds is 4. The number of aliphatic hydroxyl groups is 1. The lowest BCUT2D eigenvalue weighted by molar-refractivity contribution is -0.176. The Hall–Kier alpha value is -1.35. The molecule has 0 bridgehead atoms. The van der Waals surface area contributed by atoms with Crippen LogP contribution in [0.3, 0.4) is 0 Å². The van der Waals surface area contributed by atoms with Gasteiger partial charge in [-0.3, -0.25) is 4.79 Å². The van der Waals surface area contributed by atoms with Crippen LogP contribution in [0.5, 0.6) is 0 Å². The summed E-state index contributed by atoms with van der Waals surface area (Å²) < 4.78 is 5.12. The number of carbonyl (C=O) groups is 1. The number of hydrogen-bond donors (Lipinski definition) is 1. The van der Waals surface area contributed by atoms with E-state index in [4.69, 9.17) is 4.74 Å². The first-order valence-electron chi connectivity index (χ1n) is 8.92. The Bertz CT molecular complexity index is 561. The lowest BCUT2D eigenvalue weighted by atomic mass is 9.46. The second-order valence-electron chi connectivity index (χ2n) is 8.17. The van der Waals surface area contributed by atoms with E-state index in [1.165, 1.54) is 12.7 Å². The molecule has 1 N–H and O–H groups in total. The van der Waals surface area contributed by atoms with Gasteiger partial charge in [0, 0.05) is 0 Å². The molecule has 0 spiro atoms. The fourth-order valence-corrected chi connectivity index (χ4v) is 5.37. The molecule has 0 unspecified atom stereocenters. The number of carbonyl (C=O) groups excluding carboxylic acids is 1. The summed E-state index contributed by atoms with van der Waals surface area (Å²) in [6.07, 6.45) is 7.55. The molecule has 5 atom stereocenters. The summed E-state index contributed by atoms with van der Waals surface area (Å²) in [6, 6.07) is 0. The summed E-state index contributed by atoms with van der Waals surface area (Å²) >= 11 is 0. The molecule has 0 radical (unpaired) electrons. The third-order valence-electron chi connectivity index (χ3n) is 6.59. The van der Waals surface area contributed by atoms with Gasteiger partial charge in [0.1, 0.15) is 0 Å². The van der Waals surface area contributed by atoms with Crippen molar-refractivity contribution in [2.75, 3.05) is 7.11 Å². The van der Waals surface area contributed by atoms with Gasteiger partial charge in [-0.25, -0.2) is 0 Å². The second kappa shape index (κ2) is 6.87. The minimum absolute atomic E-state index is 0.145. The first kappa shape index (κ1) is 19.0. The number of fused-ring (bicyclic) bond motifs is 1. The molecule has 0 aromatic carbocycles. The zero-order valence-corrected chi connectivity index (χ0v) is 15.6. The van der Waals surface area contributed by atoms with Crippen molar-refractivity contribution in [3.63, 3.8) is 0 Å². The predicted molar refractivity (Wildman–Crippen MR) is 97.4 cm³/mol. The highest BCUT2D eigenvalue weighted by atomic mass is 16.5. The smallest absolute Gasteiger partial charge is 0.311 e. The Morgan fingerprint density at radius 3 is 2.67 bits per heavy atom. The van der Waals surface area contributed by atoms with Gasteiger partial charge in [-0.05, 0) is 63.2 Å². The molecule has 3 heteroatoms. The molecule has 0 amide bonds. The number of aliphatic hydroxyl groups excluding tert-OH is 1. The van der Waals surface area contributed by atoms with Gasteiger partial charge in [0.05, 0.1) is 18.6 Å². The van der Waals surface area contributed by atoms with Crippen molar-refractivity contribution >= 4 is 5.97 Å². The Morgan fingerprint density at radius 2 is 2.08 bits per heavy atom. The largest absolute Gasteiger partial charge is 0.469 e. The molecule has 3 nitrogen and oxygen atoms in total. The van der Waals surface area contributed by atoms with Gasteiger partial charge in [0.2, 0.25) is 0 Å². The van der Waals surface area contributed by atoms with Gasteiger partial charge < -0.3 is 9.84 Å². The fourth-order valence-electron chi connectivity index (χ4n) is 5.37. The van der Waals surface area contributed by atoms with E-state index in [0.717, 1.165) is 31.3 Å². The first-order valence-corrected chi connectivity index (χ1v) is 8.92. The number of allylic oxidation sites excluding steroid dienone is 4. The molecule has 2 aliphatic rings. The highest BCUT2D eigenvalue weighted by Gasteiger charge is 2.59. The summed E-state index contributed by atoms with van der Waals surface area (Å²) in [6.45, 7) is 14.4. The molecule has 0 aromatic heterocycles. The van der Waals surface area contributed by atoms with E-state index in [2.05, 4.69) is 26.2 Å². The molecule has 0 aliphatic heterocycles. The van der Waals surface area contributed by atoms with Crippen LogP contribution in [0.2, 0.25) is 0 Å². The van der Waals surface area contributed by atoms with Crippen LogP contribution in [0.15, 0.2) is 36.5 Å². The quantitative estimate of drug-likeness (QED) is 0.470. The summed E-state index contributed by atoms with van der Waals surface area (Å²) in [5.74, 6) is 0.278. The maximum absolute atomic E-state index is 12.6.